The fourth-order valence-electron chi connectivity index (χ4n) is 12.0. The van der Waals surface area contributed by atoms with Crippen LogP contribution in [-0.4, -0.2) is 11.3 Å². The molecule has 1 aromatic heterocycles. The van der Waals surface area contributed by atoms with Gasteiger partial charge in [0, 0.05) is 65.3 Å². The summed E-state index contributed by atoms with van der Waals surface area (Å²) in [5.41, 5.74) is 22.3. The van der Waals surface area contributed by atoms with Crippen molar-refractivity contribution in [3.8, 4) is 33.5 Å². The van der Waals surface area contributed by atoms with Gasteiger partial charge in [0.2, 0.25) is 0 Å². The summed E-state index contributed by atoms with van der Waals surface area (Å²) in [6.07, 6.45) is 0. The summed E-state index contributed by atoms with van der Waals surface area (Å²) in [7, 11) is 0. The number of aromatic nitrogens is 1. The third-order valence-electron chi connectivity index (χ3n) is 14.9. The second-order valence-corrected chi connectivity index (χ2v) is 21.2. The zero-order valence-electron chi connectivity index (χ0n) is 36.4. The Kier molecular flexibility index (Phi) is 7.19. The van der Waals surface area contributed by atoms with Crippen LogP contribution in [0.2, 0.25) is 0 Å². The van der Waals surface area contributed by atoms with E-state index in [9.17, 15) is 0 Å². The average molecular weight is 815 g/mol. The number of rotatable bonds is 2. The lowest BCUT2D eigenvalue weighted by Gasteiger charge is -2.44. The molecule has 0 amide bonds. The summed E-state index contributed by atoms with van der Waals surface area (Å²) in [5, 5.41) is 3.95. The van der Waals surface area contributed by atoms with Gasteiger partial charge in [-0.25, -0.2) is 0 Å². The average Bonchev–Trinajstić information content (AvgIpc) is 3.75. The lowest BCUT2D eigenvalue weighted by molar-refractivity contribution is 0.590. The van der Waals surface area contributed by atoms with Crippen molar-refractivity contribution in [3.05, 3.63) is 186 Å². The summed E-state index contributed by atoms with van der Waals surface area (Å²) in [6.45, 7) is 16.7. The van der Waals surface area contributed by atoms with Crippen LogP contribution < -0.4 is 15.8 Å². The van der Waals surface area contributed by atoms with Crippen LogP contribution in [0, 0.1) is 0 Å². The van der Waals surface area contributed by atoms with E-state index in [1.54, 1.807) is 0 Å². The standard InChI is InChI=1S/C58H47BN2S/c1-56(2,3)36-28-29-46(41(31-36)34-18-9-8-10-19-34)60-47-32-44-50(62-49-27-16-15-26-43(49)57(44,4)5)33-45(47)59-53-48(60)30-35-20-11-12-21-37(35)51(53)39-23-17-24-40-52-55(61(59)54(39)40)38-22-13-14-25-42(38)58(52,6)7/h8-33H,1-7H3. The number of hydrogen-bond donors (Lipinski definition) is 0. The lowest BCUT2D eigenvalue weighted by Crippen LogP contribution is -2.57. The van der Waals surface area contributed by atoms with E-state index in [0.29, 0.717) is 0 Å². The molecule has 0 unspecified atom stereocenters. The molecule has 3 aliphatic heterocycles. The molecule has 4 heterocycles. The van der Waals surface area contributed by atoms with E-state index in [1.807, 2.05) is 11.8 Å². The van der Waals surface area contributed by atoms with E-state index < -0.39 is 0 Å². The molecule has 0 saturated heterocycles. The van der Waals surface area contributed by atoms with Crippen molar-refractivity contribution in [2.45, 2.75) is 74.5 Å². The first-order valence-corrected chi connectivity index (χ1v) is 23.0. The Labute approximate surface area is 369 Å². The van der Waals surface area contributed by atoms with Gasteiger partial charge in [-0.3, -0.25) is 0 Å². The molecule has 0 atom stereocenters. The van der Waals surface area contributed by atoms with Crippen LogP contribution in [0.1, 0.15) is 76.3 Å². The molecule has 0 radical (unpaired) electrons. The van der Waals surface area contributed by atoms with Crippen LogP contribution in [0.5, 0.6) is 0 Å². The first-order chi connectivity index (χ1) is 29.9. The van der Waals surface area contributed by atoms with Crippen LogP contribution in [-0.2, 0) is 16.2 Å². The molecular formula is C58H47BN2S. The predicted octanol–water partition coefficient (Wildman–Crippen LogP) is 14.3. The Morgan fingerprint density at radius 1 is 0.532 bits per heavy atom. The molecule has 1 aliphatic carbocycles. The van der Waals surface area contributed by atoms with Gasteiger partial charge in [0.1, 0.15) is 0 Å². The maximum Gasteiger partial charge on any atom is 0.333 e. The Balaban J connectivity index is 1.22. The number of fused-ring (bicyclic) bond motifs is 13. The Morgan fingerprint density at radius 3 is 2.06 bits per heavy atom. The van der Waals surface area contributed by atoms with E-state index in [2.05, 4.69) is 216 Å². The molecule has 0 bridgehead atoms. The minimum absolute atomic E-state index is 0.0171. The SMILES string of the molecule is CC(C)(C)c1ccc(N2c3cc4c(cc3B3c5c2cc2ccccc2c5-c2cccc5c6c(n3c25)-c2ccccc2C6(C)C)Sc2ccccc2C4(C)C)c(-c2ccccc2)c1. The van der Waals surface area contributed by atoms with Gasteiger partial charge in [0.25, 0.3) is 0 Å². The minimum atomic E-state index is -0.199. The van der Waals surface area contributed by atoms with Crippen LogP contribution in [0.25, 0.3) is 55.2 Å². The first kappa shape index (κ1) is 36.4. The molecule has 13 rings (SSSR count). The van der Waals surface area contributed by atoms with Crippen molar-refractivity contribution in [2.75, 3.05) is 4.90 Å². The number of hydrogen-bond acceptors (Lipinski definition) is 2. The lowest BCUT2D eigenvalue weighted by atomic mass is 9.44. The molecule has 4 heteroatoms. The van der Waals surface area contributed by atoms with Gasteiger partial charge < -0.3 is 9.38 Å². The summed E-state index contributed by atoms with van der Waals surface area (Å²) < 4.78 is 2.80. The molecule has 0 fully saturated rings. The molecule has 4 aliphatic rings. The van der Waals surface area contributed by atoms with Gasteiger partial charge in [-0.15, -0.1) is 0 Å². The van der Waals surface area contributed by atoms with Crippen molar-refractivity contribution < 1.29 is 0 Å². The van der Waals surface area contributed by atoms with E-state index >= 15 is 0 Å². The number of para-hydroxylation sites is 1. The third-order valence-corrected chi connectivity index (χ3v) is 16.1. The van der Waals surface area contributed by atoms with Crippen molar-refractivity contribution in [1.29, 1.82) is 0 Å². The normalized spacial score (nSPS) is 15.8. The maximum atomic E-state index is 2.80. The highest BCUT2D eigenvalue weighted by Gasteiger charge is 2.49. The van der Waals surface area contributed by atoms with Crippen molar-refractivity contribution in [2.24, 2.45) is 0 Å². The van der Waals surface area contributed by atoms with Crippen molar-refractivity contribution >= 4 is 68.3 Å². The molecule has 62 heavy (non-hydrogen) atoms. The zero-order chi connectivity index (χ0) is 42.0. The Morgan fingerprint density at radius 2 is 1.24 bits per heavy atom. The predicted molar refractivity (Wildman–Crippen MR) is 264 cm³/mol. The molecule has 8 aromatic carbocycles. The van der Waals surface area contributed by atoms with Gasteiger partial charge in [-0.1, -0.05) is 182 Å². The molecule has 0 N–H and O–H groups in total. The van der Waals surface area contributed by atoms with Crippen molar-refractivity contribution in [1.82, 2.24) is 4.48 Å². The molecule has 298 valence electrons. The monoisotopic (exact) mass is 814 g/mol. The highest BCUT2D eigenvalue weighted by Crippen LogP contribution is 2.58. The highest BCUT2D eigenvalue weighted by molar-refractivity contribution is 7.99. The smallest absolute Gasteiger partial charge is 0.333 e. The number of benzene rings is 8. The largest absolute Gasteiger partial charge is 0.375 e. The van der Waals surface area contributed by atoms with E-state index in [1.165, 1.54) is 121 Å². The third kappa shape index (κ3) is 4.63. The molecule has 2 nitrogen and oxygen atoms in total. The second kappa shape index (κ2) is 12.2. The Bertz CT molecular complexity index is 3440. The van der Waals surface area contributed by atoms with Gasteiger partial charge >= 0.3 is 6.85 Å². The summed E-state index contributed by atoms with van der Waals surface area (Å²) >= 11 is 1.94. The summed E-state index contributed by atoms with van der Waals surface area (Å²) in [6, 6.07) is 60.6. The van der Waals surface area contributed by atoms with Crippen LogP contribution in [0.4, 0.5) is 17.1 Å². The van der Waals surface area contributed by atoms with E-state index in [0.717, 1.165) is 0 Å². The zero-order valence-corrected chi connectivity index (χ0v) is 37.2. The second-order valence-electron chi connectivity index (χ2n) is 20.1. The summed E-state index contributed by atoms with van der Waals surface area (Å²) in [5.74, 6) is 0. The molecule has 0 saturated carbocycles. The van der Waals surface area contributed by atoms with Gasteiger partial charge in [0.05, 0.1) is 5.69 Å². The topological polar surface area (TPSA) is 8.17 Å². The molecular weight excluding hydrogens is 768 g/mol. The highest BCUT2D eigenvalue weighted by atomic mass is 32.2. The van der Waals surface area contributed by atoms with E-state index in [-0.39, 0.29) is 23.1 Å². The first-order valence-electron chi connectivity index (χ1n) is 22.2. The minimum Gasteiger partial charge on any atom is -0.375 e. The van der Waals surface area contributed by atoms with Gasteiger partial charge in [0.15, 0.2) is 0 Å². The van der Waals surface area contributed by atoms with Gasteiger partial charge in [-0.2, -0.15) is 0 Å². The van der Waals surface area contributed by atoms with Gasteiger partial charge in [-0.05, 0) is 102 Å². The van der Waals surface area contributed by atoms with E-state index in [4.69, 9.17) is 0 Å². The number of anilines is 3. The molecule has 9 aromatic rings. The number of nitrogens with zero attached hydrogens (tertiary/aromatic N) is 2. The van der Waals surface area contributed by atoms with Crippen molar-refractivity contribution in [3.63, 3.8) is 0 Å². The fraction of sp³-hybridized carbons (Fsp3) is 0.172. The fourth-order valence-corrected chi connectivity index (χ4v) is 13.4. The summed E-state index contributed by atoms with van der Waals surface area (Å²) in [4.78, 5) is 5.37. The molecule has 0 spiro atoms. The Hall–Kier alpha value is -6.23. The van der Waals surface area contributed by atoms with Crippen LogP contribution >= 0.6 is 11.8 Å². The maximum absolute atomic E-state index is 2.80. The van der Waals surface area contributed by atoms with Crippen LogP contribution in [0.3, 0.4) is 0 Å². The van der Waals surface area contributed by atoms with Crippen LogP contribution in [0.15, 0.2) is 168 Å². The quantitative estimate of drug-likeness (QED) is 0.161.